The van der Waals surface area contributed by atoms with E-state index in [2.05, 4.69) is 16.9 Å². The SMILES string of the molecule is C=CCNc1nccn1CCS(C)(=O)=O. The van der Waals surface area contributed by atoms with Gasteiger partial charge in [0.2, 0.25) is 5.95 Å². The molecule has 84 valence electrons. The number of anilines is 1. The third kappa shape index (κ3) is 4.16. The molecule has 0 fully saturated rings. The molecule has 0 saturated carbocycles. The summed E-state index contributed by atoms with van der Waals surface area (Å²) in [4.78, 5) is 4.06. The van der Waals surface area contributed by atoms with E-state index >= 15 is 0 Å². The van der Waals surface area contributed by atoms with E-state index < -0.39 is 9.84 Å². The van der Waals surface area contributed by atoms with Crippen LogP contribution in [0.4, 0.5) is 5.95 Å². The zero-order chi connectivity index (χ0) is 11.3. The molecule has 0 aliphatic heterocycles. The lowest BCUT2D eigenvalue weighted by Gasteiger charge is -2.07. The Hall–Kier alpha value is -1.30. The maximum atomic E-state index is 11.0. The molecule has 0 unspecified atom stereocenters. The van der Waals surface area contributed by atoms with E-state index in [1.54, 1.807) is 23.0 Å². The number of aromatic nitrogens is 2. The van der Waals surface area contributed by atoms with Crippen molar-refractivity contribution in [1.82, 2.24) is 9.55 Å². The zero-order valence-corrected chi connectivity index (χ0v) is 9.50. The second kappa shape index (κ2) is 4.97. The Kier molecular flexibility index (Phi) is 3.90. The molecule has 0 amide bonds. The van der Waals surface area contributed by atoms with Gasteiger partial charge in [0, 0.05) is 31.7 Å². The maximum Gasteiger partial charge on any atom is 0.203 e. The molecular weight excluding hydrogens is 214 g/mol. The molecule has 0 aromatic carbocycles. The second-order valence-electron chi connectivity index (χ2n) is 3.24. The molecule has 1 rings (SSSR count). The van der Waals surface area contributed by atoms with Gasteiger partial charge in [0.05, 0.1) is 5.75 Å². The molecular formula is C9H15N3O2S. The van der Waals surface area contributed by atoms with Gasteiger partial charge in [-0.1, -0.05) is 6.08 Å². The van der Waals surface area contributed by atoms with Crippen molar-refractivity contribution in [3.63, 3.8) is 0 Å². The van der Waals surface area contributed by atoms with Crippen LogP contribution in [0.2, 0.25) is 0 Å². The minimum atomic E-state index is -2.93. The average Bonchev–Trinajstić information content (AvgIpc) is 2.57. The van der Waals surface area contributed by atoms with Crippen LogP contribution in [0, 0.1) is 0 Å². The van der Waals surface area contributed by atoms with E-state index in [1.807, 2.05) is 0 Å². The molecule has 0 bridgehead atoms. The van der Waals surface area contributed by atoms with Gasteiger partial charge in [0.15, 0.2) is 0 Å². The van der Waals surface area contributed by atoms with Crippen molar-refractivity contribution in [3.8, 4) is 0 Å². The van der Waals surface area contributed by atoms with Crippen LogP contribution in [0.3, 0.4) is 0 Å². The number of hydrogen-bond acceptors (Lipinski definition) is 4. The van der Waals surface area contributed by atoms with Crippen molar-refractivity contribution >= 4 is 15.8 Å². The van der Waals surface area contributed by atoms with Gasteiger partial charge in [-0.2, -0.15) is 0 Å². The van der Waals surface area contributed by atoms with Crippen molar-refractivity contribution in [2.75, 3.05) is 23.9 Å². The standard InChI is InChI=1S/C9H15N3O2S/c1-3-4-10-9-11-5-6-12(9)7-8-15(2,13)14/h3,5-6H,1,4,7-8H2,2H3,(H,10,11). The minimum Gasteiger partial charge on any atom is -0.352 e. The Balaban J connectivity index is 2.61. The maximum absolute atomic E-state index is 11.0. The zero-order valence-electron chi connectivity index (χ0n) is 8.68. The van der Waals surface area contributed by atoms with Crippen molar-refractivity contribution in [3.05, 3.63) is 25.0 Å². The van der Waals surface area contributed by atoms with Crippen LogP contribution in [0.25, 0.3) is 0 Å². The first-order valence-corrected chi connectivity index (χ1v) is 6.62. The molecule has 0 radical (unpaired) electrons. The highest BCUT2D eigenvalue weighted by Gasteiger charge is 2.05. The smallest absolute Gasteiger partial charge is 0.203 e. The molecule has 1 N–H and O–H groups in total. The van der Waals surface area contributed by atoms with Crippen molar-refractivity contribution in [2.45, 2.75) is 6.54 Å². The summed E-state index contributed by atoms with van der Waals surface area (Å²) in [5, 5.41) is 3.02. The largest absolute Gasteiger partial charge is 0.352 e. The predicted molar refractivity (Wildman–Crippen MR) is 60.6 cm³/mol. The topological polar surface area (TPSA) is 64.0 Å². The number of sulfone groups is 1. The Morgan fingerprint density at radius 3 is 3.00 bits per heavy atom. The van der Waals surface area contributed by atoms with Gasteiger partial charge < -0.3 is 9.88 Å². The monoisotopic (exact) mass is 229 g/mol. The van der Waals surface area contributed by atoms with Crippen LogP contribution < -0.4 is 5.32 Å². The Morgan fingerprint density at radius 1 is 1.67 bits per heavy atom. The van der Waals surface area contributed by atoms with Gasteiger partial charge in [0.1, 0.15) is 9.84 Å². The van der Waals surface area contributed by atoms with E-state index in [4.69, 9.17) is 0 Å². The third-order valence-corrected chi connectivity index (χ3v) is 2.75. The molecule has 0 aliphatic carbocycles. The first-order valence-electron chi connectivity index (χ1n) is 4.56. The highest BCUT2D eigenvalue weighted by molar-refractivity contribution is 7.90. The average molecular weight is 229 g/mol. The van der Waals surface area contributed by atoms with Gasteiger partial charge in [0.25, 0.3) is 0 Å². The van der Waals surface area contributed by atoms with Crippen LogP contribution in [-0.2, 0) is 16.4 Å². The number of rotatable bonds is 6. The van der Waals surface area contributed by atoms with Crippen molar-refractivity contribution in [1.29, 1.82) is 0 Å². The fraction of sp³-hybridized carbons (Fsp3) is 0.444. The van der Waals surface area contributed by atoms with Gasteiger partial charge in [-0.3, -0.25) is 0 Å². The number of hydrogen-bond donors (Lipinski definition) is 1. The van der Waals surface area contributed by atoms with Crippen LogP contribution in [0.1, 0.15) is 0 Å². The van der Waals surface area contributed by atoms with Crippen molar-refractivity contribution in [2.24, 2.45) is 0 Å². The Morgan fingerprint density at radius 2 is 2.40 bits per heavy atom. The van der Waals surface area contributed by atoms with E-state index in [0.29, 0.717) is 19.0 Å². The van der Waals surface area contributed by atoms with E-state index in [9.17, 15) is 8.42 Å². The van der Waals surface area contributed by atoms with Gasteiger partial charge >= 0.3 is 0 Å². The molecule has 0 atom stereocenters. The normalized spacial score (nSPS) is 11.3. The fourth-order valence-corrected chi connectivity index (χ4v) is 1.61. The quantitative estimate of drug-likeness (QED) is 0.723. The summed E-state index contributed by atoms with van der Waals surface area (Å²) >= 11 is 0. The summed E-state index contributed by atoms with van der Waals surface area (Å²) < 4.78 is 23.7. The number of imidazole rings is 1. The number of aryl methyl sites for hydroxylation is 1. The molecule has 1 aromatic rings. The van der Waals surface area contributed by atoms with Crippen molar-refractivity contribution < 1.29 is 8.42 Å². The molecule has 5 nitrogen and oxygen atoms in total. The predicted octanol–water partition coefficient (Wildman–Crippen LogP) is 0.526. The fourth-order valence-electron chi connectivity index (χ4n) is 1.08. The lowest BCUT2D eigenvalue weighted by molar-refractivity contribution is 0.595. The van der Waals surface area contributed by atoms with Gasteiger partial charge in [-0.25, -0.2) is 13.4 Å². The van der Waals surface area contributed by atoms with E-state index in [-0.39, 0.29) is 5.75 Å². The van der Waals surface area contributed by atoms with Gasteiger partial charge in [-0.05, 0) is 0 Å². The van der Waals surface area contributed by atoms with E-state index in [0.717, 1.165) is 0 Å². The number of nitrogens with zero attached hydrogens (tertiary/aromatic N) is 2. The van der Waals surface area contributed by atoms with E-state index in [1.165, 1.54) is 6.26 Å². The summed E-state index contributed by atoms with van der Waals surface area (Å²) in [7, 11) is -2.93. The highest BCUT2D eigenvalue weighted by atomic mass is 32.2. The summed E-state index contributed by atoms with van der Waals surface area (Å²) in [6.07, 6.45) is 6.32. The Labute approximate surface area is 89.7 Å². The lowest BCUT2D eigenvalue weighted by Crippen LogP contribution is -2.13. The highest BCUT2D eigenvalue weighted by Crippen LogP contribution is 2.04. The lowest BCUT2D eigenvalue weighted by atomic mass is 10.6. The molecule has 0 spiro atoms. The van der Waals surface area contributed by atoms with Gasteiger partial charge in [-0.15, -0.1) is 6.58 Å². The second-order valence-corrected chi connectivity index (χ2v) is 5.50. The molecule has 0 saturated heterocycles. The molecule has 6 heteroatoms. The van der Waals surface area contributed by atoms with Crippen LogP contribution in [0.5, 0.6) is 0 Å². The number of nitrogens with one attached hydrogen (secondary N) is 1. The molecule has 0 aliphatic rings. The third-order valence-electron chi connectivity index (χ3n) is 1.82. The molecule has 15 heavy (non-hydrogen) atoms. The first-order chi connectivity index (χ1) is 7.03. The molecule has 1 heterocycles. The first kappa shape index (κ1) is 11.8. The van der Waals surface area contributed by atoms with Crippen LogP contribution >= 0.6 is 0 Å². The Bertz CT molecular complexity index is 422. The summed E-state index contributed by atoms with van der Waals surface area (Å²) in [6.45, 7) is 4.60. The summed E-state index contributed by atoms with van der Waals surface area (Å²) in [6, 6.07) is 0. The minimum absolute atomic E-state index is 0.117. The summed E-state index contributed by atoms with van der Waals surface area (Å²) in [5.74, 6) is 0.783. The molecule has 1 aromatic heterocycles. The summed E-state index contributed by atoms with van der Waals surface area (Å²) in [5.41, 5.74) is 0. The van der Waals surface area contributed by atoms with Crippen LogP contribution in [0.15, 0.2) is 25.0 Å². The van der Waals surface area contributed by atoms with Crippen LogP contribution in [-0.4, -0.2) is 36.5 Å².